The van der Waals surface area contributed by atoms with Gasteiger partial charge in [0.1, 0.15) is 5.76 Å². The number of morpholine rings is 1. The van der Waals surface area contributed by atoms with Crippen molar-refractivity contribution >= 4 is 5.96 Å². The Bertz CT molecular complexity index is 646. The highest BCUT2D eigenvalue weighted by molar-refractivity contribution is 5.79. The molecule has 7 heteroatoms. The molecule has 3 aliphatic rings. The van der Waals surface area contributed by atoms with Gasteiger partial charge in [-0.1, -0.05) is 19.3 Å². The Morgan fingerprint density at radius 3 is 2.71 bits per heavy atom. The van der Waals surface area contributed by atoms with E-state index in [1.54, 1.807) is 6.26 Å². The number of guanidine groups is 1. The van der Waals surface area contributed by atoms with Gasteiger partial charge in [-0.3, -0.25) is 9.89 Å². The zero-order valence-electron chi connectivity index (χ0n) is 18.9. The van der Waals surface area contributed by atoms with Gasteiger partial charge in [-0.2, -0.15) is 0 Å². The second-order valence-corrected chi connectivity index (χ2v) is 9.48. The summed E-state index contributed by atoms with van der Waals surface area (Å²) in [5.41, 5.74) is 0.293. The van der Waals surface area contributed by atoms with Crippen molar-refractivity contribution in [1.82, 2.24) is 15.5 Å². The lowest BCUT2D eigenvalue weighted by Crippen LogP contribution is -2.47. The molecular formula is C24H40N4O3. The molecule has 31 heavy (non-hydrogen) atoms. The fourth-order valence-corrected chi connectivity index (χ4v) is 5.07. The summed E-state index contributed by atoms with van der Waals surface area (Å²) in [6, 6.07) is 3.97. The van der Waals surface area contributed by atoms with Crippen LogP contribution in [0.3, 0.4) is 0 Å². The first-order valence-electron chi connectivity index (χ1n) is 12.2. The van der Waals surface area contributed by atoms with E-state index in [1.165, 1.54) is 32.1 Å². The van der Waals surface area contributed by atoms with Crippen molar-refractivity contribution in [3.05, 3.63) is 24.2 Å². The fourth-order valence-electron chi connectivity index (χ4n) is 5.07. The quantitative estimate of drug-likeness (QED) is 0.462. The Balaban J connectivity index is 1.36. The first kappa shape index (κ1) is 22.6. The number of nitrogens with one attached hydrogen (secondary N) is 2. The van der Waals surface area contributed by atoms with Crippen molar-refractivity contribution in [3.63, 3.8) is 0 Å². The lowest BCUT2D eigenvalue weighted by molar-refractivity contribution is 0.00937. The molecule has 0 radical (unpaired) electrons. The van der Waals surface area contributed by atoms with Gasteiger partial charge in [0.25, 0.3) is 0 Å². The van der Waals surface area contributed by atoms with E-state index < -0.39 is 0 Å². The van der Waals surface area contributed by atoms with Gasteiger partial charge in [0.15, 0.2) is 5.96 Å². The third kappa shape index (κ3) is 7.22. The molecule has 0 amide bonds. The molecule has 1 aromatic rings. The van der Waals surface area contributed by atoms with E-state index in [0.717, 1.165) is 90.3 Å². The molecule has 2 aliphatic heterocycles. The van der Waals surface area contributed by atoms with Crippen LogP contribution in [0.2, 0.25) is 0 Å². The maximum atomic E-state index is 5.57. The van der Waals surface area contributed by atoms with E-state index in [4.69, 9.17) is 18.9 Å². The highest BCUT2D eigenvalue weighted by Gasteiger charge is 2.34. The predicted octanol–water partition coefficient (Wildman–Crippen LogP) is 2.68. The van der Waals surface area contributed by atoms with Crippen LogP contribution in [-0.4, -0.2) is 76.6 Å². The van der Waals surface area contributed by atoms with Crippen LogP contribution in [0.4, 0.5) is 0 Å². The summed E-state index contributed by atoms with van der Waals surface area (Å²) >= 11 is 0. The molecule has 0 spiro atoms. The van der Waals surface area contributed by atoms with Crippen molar-refractivity contribution in [2.45, 2.75) is 44.9 Å². The summed E-state index contributed by atoms with van der Waals surface area (Å²) < 4.78 is 16.6. The van der Waals surface area contributed by atoms with Crippen molar-refractivity contribution in [2.24, 2.45) is 16.3 Å². The first-order valence-corrected chi connectivity index (χ1v) is 12.2. The van der Waals surface area contributed by atoms with E-state index in [9.17, 15) is 0 Å². The number of hydrogen-bond acceptors (Lipinski definition) is 5. The Labute approximate surface area is 186 Å². The normalized spacial score (nSPS) is 24.9. The largest absolute Gasteiger partial charge is 0.469 e. The van der Waals surface area contributed by atoms with E-state index in [0.29, 0.717) is 11.3 Å². The average Bonchev–Trinajstić information content (AvgIpc) is 3.51. The van der Waals surface area contributed by atoms with Gasteiger partial charge < -0.3 is 24.5 Å². The molecular weight excluding hydrogens is 392 g/mol. The Morgan fingerprint density at radius 2 is 1.97 bits per heavy atom. The van der Waals surface area contributed by atoms with Crippen LogP contribution in [0.1, 0.15) is 44.3 Å². The predicted molar refractivity (Wildman–Crippen MR) is 122 cm³/mol. The van der Waals surface area contributed by atoms with Crippen LogP contribution >= 0.6 is 0 Å². The molecule has 3 fully saturated rings. The van der Waals surface area contributed by atoms with Crippen LogP contribution in [0.25, 0.3) is 0 Å². The highest BCUT2D eigenvalue weighted by atomic mass is 16.5. The topological polar surface area (TPSA) is 71.3 Å². The smallest absolute Gasteiger partial charge is 0.191 e. The molecule has 0 aromatic carbocycles. The summed E-state index contributed by atoms with van der Waals surface area (Å²) in [6.07, 6.45) is 10.3. The van der Waals surface area contributed by atoms with Gasteiger partial charge in [0, 0.05) is 63.6 Å². The van der Waals surface area contributed by atoms with Crippen molar-refractivity contribution in [1.29, 1.82) is 0 Å². The zero-order chi connectivity index (χ0) is 21.2. The van der Waals surface area contributed by atoms with E-state index in [2.05, 4.69) is 15.5 Å². The number of nitrogens with zero attached hydrogens (tertiary/aromatic N) is 2. The molecule has 1 aliphatic carbocycles. The monoisotopic (exact) mass is 432 g/mol. The van der Waals surface area contributed by atoms with Crippen LogP contribution in [-0.2, 0) is 15.9 Å². The zero-order valence-corrected chi connectivity index (χ0v) is 18.9. The molecule has 3 heterocycles. The molecule has 1 aromatic heterocycles. The summed E-state index contributed by atoms with van der Waals surface area (Å²) in [5, 5.41) is 7.14. The second-order valence-electron chi connectivity index (χ2n) is 9.48. The maximum Gasteiger partial charge on any atom is 0.191 e. The maximum absolute atomic E-state index is 5.57. The molecule has 2 N–H and O–H groups in total. The fraction of sp³-hybridized carbons (Fsp3) is 0.792. The van der Waals surface area contributed by atoms with Crippen molar-refractivity contribution < 1.29 is 13.9 Å². The Morgan fingerprint density at radius 1 is 1.10 bits per heavy atom. The molecule has 174 valence electrons. The summed E-state index contributed by atoms with van der Waals surface area (Å²) in [7, 11) is 0. The van der Waals surface area contributed by atoms with Crippen molar-refractivity contribution in [2.75, 3.05) is 65.7 Å². The second kappa shape index (κ2) is 11.9. The summed E-state index contributed by atoms with van der Waals surface area (Å²) in [4.78, 5) is 7.72. The van der Waals surface area contributed by atoms with E-state index in [1.807, 2.05) is 12.1 Å². The Kier molecular flexibility index (Phi) is 8.67. The van der Waals surface area contributed by atoms with Gasteiger partial charge in [-0.15, -0.1) is 0 Å². The van der Waals surface area contributed by atoms with Crippen LogP contribution in [0.5, 0.6) is 0 Å². The van der Waals surface area contributed by atoms with Crippen LogP contribution in [0.15, 0.2) is 27.8 Å². The molecule has 2 saturated heterocycles. The third-order valence-electron chi connectivity index (χ3n) is 6.98. The van der Waals surface area contributed by atoms with Gasteiger partial charge >= 0.3 is 0 Å². The summed E-state index contributed by atoms with van der Waals surface area (Å²) in [6.45, 7) is 9.35. The number of ether oxygens (including phenoxy) is 2. The van der Waals surface area contributed by atoms with Gasteiger partial charge in [-0.25, -0.2) is 0 Å². The number of hydrogen-bond donors (Lipinski definition) is 2. The summed E-state index contributed by atoms with van der Waals surface area (Å²) in [5.74, 6) is 2.52. The first-order chi connectivity index (χ1) is 15.3. The van der Waals surface area contributed by atoms with Crippen molar-refractivity contribution in [3.8, 4) is 0 Å². The SMILES string of the molecule is c1coc(CCNC(=NCC2(CN3CCOCC3)CCCCC2)NCC2CCOC2)c1. The minimum absolute atomic E-state index is 0.293. The minimum Gasteiger partial charge on any atom is -0.469 e. The highest BCUT2D eigenvalue weighted by Crippen LogP contribution is 2.37. The minimum atomic E-state index is 0.293. The van der Waals surface area contributed by atoms with Gasteiger partial charge in [0.2, 0.25) is 0 Å². The Hall–Kier alpha value is -1.57. The molecule has 1 atom stereocenters. The van der Waals surface area contributed by atoms with Gasteiger partial charge in [0.05, 0.1) is 26.1 Å². The van der Waals surface area contributed by atoms with Crippen LogP contribution in [0, 0.1) is 11.3 Å². The lowest BCUT2D eigenvalue weighted by Gasteiger charge is -2.41. The number of aliphatic imine (C=N–C) groups is 1. The molecule has 7 nitrogen and oxygen atoms in total. The number of rotatable bonds is 9. The standard InChI is InChI=1S/C24H40N4O3/c1-2-8-24(9-3-1,20-28-11-15-29-16-12-28)19-27-23(26-17-21-7-14-30-18-21)25-10-6-22-5-4-13-31-22/h4-5,13,21H,1-3,6-12,14-20H2,(H2,25,26,27). The lowest BCUT2D eigenvalue weighted by atomic mass is 9.73. The number of furan rings is 1. The van der Waals surface area contributed by atoms with Crippen LogP contribution < -0.4 is 10.6 Å². The third-order valence-corrected chi connectivity index (χ3v) is 6.98. The average molecular weight is 433 g/mol. The molecule has 0 bridgehead atoms. The van der Waals surface area contributed by atoms with E-state index >= 15 is 0 Å². The molecule has 4 rings (SSSR count). The molecule has 1 saturated carbocycles. The molecule has 1 unspecified atom stereocenters. The van der Waals surface area contributed by atoms with Gasteiger partial charge in [-0.05, 0) is 31.4 Å². The van der Waals surface area contributed by atoms with E-state index in [-0.39, 0.29) is 0 Å².